The van der Waals surface area contributed by atoms with Crippen molar-refractivity contribution in [3.63, 3.8) is 0 Å². The number of nitrogens with one attached hydrogen (secondary N) is 2. The van der Waals surface area contributed by atoms with Gasteiger partial charge in [0.05, 0.1) is 0 Å². The van der Waals surface area contributed by atoms with Crippen LogP contribution in [0.25, 0.3) is 0 Å². The van der Waals surface area contributed by atoms with Gasteiger partial charge in [-0.25, -0.2) is 4.39 Å². The molecule has 0 fully saturated rings. The molecule has 19 heavy (non-hydrogen) atoms. The van der Waals surface area contributed by atoms with Gasteiger partial charge in [0.15, 0.2) is 0 Å². The molecule has 1 amide bonds. The number of carbonyl (C=O) groups excluding carboxylic acids is 1. The van der Waals surface area contributed by atoms with E-state index >= 15 is 0 Å². The maximum Gasteiger partial charge on any atom is 0.221 e. The first-order valence-electron chi connectivity index (χ1n) is 6.86. The van der Waals surface area contributed by atoms with Crippen LogP contribution in [0.4, 0.5) is 4.39 Å². The van der Waals surface area contributed by atoms with Gasteiger partial charge in [-0.1, -0.05) is 31.9 Å². The second-order valence-electron chi connectivity index (χ2n) is 4.62. The minimum Gasteiger partial charge on any atom is -0.359 e. The Morgan fingerprint density at radius 1 is 1.32 bits per heavy atom. The standard InChI is InChI=1S/C15H23FN2O/c1-3-4-5-14(18-11-10-15(19)17-2)12-6-8-13(16)9-7-12/h6-9,14,18H,3-5,10-11H2,1-2H3,(H,17,19). The van der Waals surface area contributed by atoms with Crippen LogP contribution in [0.2, 0.25) is 0 Å². The van der Waals surface area contributed by atoms with Crippen molar-refractivity contribution < 1.29 is 9.18 Å². The minimum atomic E-state index is -0.219. The van der Waals surface area contributed by atoms with E-state index in [1.54, 1.807) is 7.05 Å². The van der Waals surface area contributed by atoms with Crippen LogP contribution in [-0.2, 0) is 4.79 Å². The number of halogens is 1. The molecule has 2 N–H and O–H groups in total. The van der Waals surface area contributed by atoms with E-state index in [0.29, 0.717) is 13.0 Å². The van der Waals surface area contributed by atoms with Crippen LogP contribution in [0.15, 0.2) is 24.3 Å². The van der Waals surface area contributed by atoms with Gasteiger partial charge in [0, 0.05) is 26.1 Å². The molecule has 0 aliphatic carbocycles. The number of amides is 1. The third-order valence-corrected chi connectivity index (χ3v) is 3.14. The predicted molar refractivity (Wildman–Crippen MR) is 75.4 cm³/mol. The van der Waals surface area contributed by atoms with Crippen molar-refractivity contribution >= 4 is 5.91 Å². The van der Waals surface area contributed by atoms with Gasteiger partial charge in [-0.15, -0.1) is 0 Å². The Kier molecular flexibility index (Phi) is 7.11. The van der Waals surface area contributed by atoms with Crippen molar-refractivity contribution in [2.45, 2.75) is 38.6 Å². The predicted octanol–water partition coefficient (Wildman–Crippen LogP) is 2.78. The normalized spacial score (nSPS) is 12.2. The zero-order valence-corrected chi connectivity index (χ0v) is 11.7. The molecule has 1 aromatic rings. The molecule has 0 heterocycles. The number of hydrogen-bond acceptors (Lipinski definition) is 2. The molecule has 1 aromatic carbocycles. The summed E-state index contributed by atoms with van der Waals surface area (Å²) < 4.78 is 12.9. The fraction of sp³-hybridized carbons (Fsp3) is 0.533. The summed E-state index contributed by atoms with van der Waals surface area (Å²) in [6, 6.07) is 6.76. The van der Waals surface area contributed by atoms with E-state index in [2.05, 4.69) is 17.6 Å². The van der Waals surface area contributed by atoms with Crippen molar-refractivity contribution in [2.24, 2.45) is 0 Å². The molecule has 0 radical (unpaired) electrons. The third-order valence-electron chi connectivity index (χ3n) is 3.14. The second kappa shape index (κ2) is 8.64. The molecule has 0 spiro atoms. The zero-order chi connectivity index (χ0) is 14.1. The summed E-state index contributed by atoms with van der Waals surface area (Å²) in [5, 5.41) is 5.97. The van der Waals surface area contributed by atoms with Gasteiger partial charge in [0.1, 0.15) is 5.82 Å². The van der Waals surface area contributed by atoms with Crippen molar-refractivity contribution in [1.29, 1.82) is 0 Å². The Hall–Kier alpha value is -1.42. The van der Waals surface area contributed by atoms with Gasteiger partial charge in [-0.05, 0) is 24.1 Å². The van der Waals surface area contributed by atoms with E-state index < -0.39 is 0 Å². The smallest absolute Gasteiger partial charge is 0.221 e. The first-order chi connectivity index (χ1) is 9.17. The Morgan fingerprint density at radius 2 is 2.00 bits per heavy atom. The SMILES string of the molecule is CCCCC(NCCC(=O)NC)c1ccc(F)cc1. The molecular formula is C15H23FN2O. The summed E-state index contributed by atoms with van der Waals surface area (Å²) in [7, 11) is 1.64. The average Bonchev–Trinajstić information content (AvgIpc) is 2.43. The van der Waals surface area contributed by atoms with Crippen LogP contribution in [0.5, 0.6) is 0 Å². The molecule has 0 saturated heterocycles. The fourth-order valence-electron chi connectivity index (χ4n) is 1.97. The monoisotopic (exact) mass is 266 g/mol. The van der Waals surface area contributed by atoms with Gasteiger partial charge in [-0.3, -0.25) is 4.79 Å². The Labute approximate surface area is 114 Å². The highest BCUT2D eigenvalue weighted by atomic mass is 19.1. The Morgan fingerprint density at radius 3 is 2.58 bits per heavy atom. The highest BCUT2D eigenvalue weighted by Gasteiger charge is 2.11. The van der Waals surface area contributed by atoms with Crippen LogP contribution >= 0.6 is 0 Å². The zero-order valence-electron chi connectivity index (χ0n) is 11.7. The molecule has 1 unspecified atom stereocenters. The second-order valence-corrected chi connectivity index (χ2v) is 4.62. The molecule has 106 valence electrons. The van der Waals surface area contributed by atoms with E-state index in [-0.39, 0.29) is 17.8 Å². The van der Waals surface area contributed by atoms with Crippen LogP contribution in [0.1, 0.15) is 44.2 Å². The fourth-order valence-corrected chi connectivity index (χ4v) is 1.97. The molecular weight excluding hydrogens is 243 g/mol. The van der Waals surface area contributed by atoms with Crippen LogP contribution in [-0.4, -0.2) is 19.5 Å². The molecule has 1 rings (SSSR count). The first kappa shape index (κ1) is 15.6. The molecule has 3 nitrogen and oxygen atoms in total. The highest BCUT2D eigenvalue weighted by molar-refractivity contribution is 5.75. The molecule has 0 bridgehead atoms. The lowest BCUT2D eigenvalue weighted by molar-refractivity contribution is -0.120. The molecule has 0 aliphatic rings. The Balaban J connectivity index is 2.55. The molecule has 0 aliphatic heterocycles. The lowest BCUT2D eigenvalue weighted by atomic mass is 10.0. The summed E-state index contributed by atoms with van der Waals surface area (Å²) in [6.45, 7) is 2.78. The summed E-state index contributed by atoms with van der Waals surface area (Å²) in [5.74, 6) is -0.191. The van der Waals surface area contributed by atoms with Gasteiger partial charge < -0.3 is 10.6 Å². The Bertz CT molecular complexity index is 378. The number of carbonyl (C=O) groups is 1. The quantitative estimate of drug-likeness (QED) is 0.759. The molecule has 0 saturated carbocycles. The summed E-state index contributed by atoms with van der Waals surface area (Å²) in [6.07, 6.45) is 3.68. The highest BCUT2D eigenvalue weighted by Crippen LogP contribution is 2.19. The van der Waals surface area contributed by atoms with Crippen molar-refractivity contribution in [3.05, 3.63) is 35.6 Å². The van der Waals surface area contributed by atoms with E-state index in [4.69, 9.17) is 0 Å². The van der Waals surface area contributed by atoms with Crippen molar-refractivity contribution in [2.75, 3.05) is 13.6 Å². The maximum absolute atomic E-state index is 12.9. The maximum atomic E-state index is 12.9. The van der Waals surface area contributed by atoms with E-state index in [1.807, 2.05) is 12.1 Å². The first-order valence-corrected chi connectivity index (χ1v) is 6.86. The molecule has 1 atom stereocenters. The minimum absolute atomic E-state index is 0.0286. The van der Waals surface area contributed by atoms with Crippen molar-refractivity contribution in [3.8, 4) is 0 Å². The number of unbranched alkanes of at least 4 members (excludes halogenated alkanes) is 1. The molecule has 0 aromatic heterocycles. The van der Waals surface area contributed by atoms with Crippen molar-refractivity contribution in [1.82, 2.24) is 10.6 Å². The number of benzene rings is 1. The van der Waals surface area contributed by atoms with Crippen LogP contribution in [0, 0.1) is 5.82 Å². The molecule has 4 heteroatoms. The van der Waals surface area contributed by atoms with Gasteiger partial charge in [-0.2, -0.15) is 0 Å². The van der Waals surface area contributed by atoms with E-state index in [9.17, 15) is 9.18 Å². The lowest BCUT2D eigenvalue weighted by Gasteiger charge is -2.19. The largest absolute Gasteiger partial charge is 0.359 e. The van der Waals surface area contributed by atoms with Crippen LogP contribution in [0.3, 0.4) is 0 Å². The summed E-state index contributed by atoms with van der Waals surface area (Å²) in [4.78, 5) is 11.2. The third kappa shape index (κ3) is 5.83. The lowest BCUT2D eigenvalue weighted by Crippen LogP contribution is -2.27. The van der Waals surface area contributed by atoms with Gasteiger partial charge in [0.2, 0.25) is 5.91 Å². The van der Waals surface area contributed by atoms with E-state index in [0.717, 1.165) is 24.8 Å². The summed E-state index contributed by atoms with van der Waals surface area (Å²) in [5.41, 5.74) is 1.08. The van der Waals surface area contributed by atoms with Gasteiger partial charge in [0.25, 0.3) is 0 Å². The average molecular weight is 266 g/mol. The summed E-state index contributed by atoms with van der Waals surface area (Å²) >= 11 is 0. The number of hydrogen-bond donors (Lipinski definition) is 2. The van der Waals surface area contributed by atoms with Gasteiger partial charge >= 0.3 is 0 Å². The topological polar surface area (TPSA) is 41.1 Å². The number of rotatable bonds is 8. The van der Waals surface area contributed by atoms with E-state index in [1.165, 1.54) is 12.1 Å². The van der Waals surface area contributed by atoms with Crippen LogP contribution < -0.4 is 10.6 Å².